The first-order valence-corrected chi connectivity index (χ1v) is 5.81. The number of nitrogens with zero attached hydrogens (tertiary/aromatic N) is 2. The molecule has 0 fully saturated rings. The molecule has 0 aliphatic rings. The molecule has 1 N–H and O–H groups in total. The minimum atomic E-state index is -0.718. The van der Waals surface area contributed by atoms with Gasteiger partial charge < -0.3 is 5.32 Å². The van der Waals surface area contributed by atoms with Gasteiger partial charge in [-0.1, -0.05) is 29.8 Å². The van der Waals surface area contributed by atoms with Crippen LogP contribution < -0.4 is 5.32 Å². The van der Waals surface area contributed by atoms with Gasteiger partial charge in [-0.2, -0.15) is 0 Å². The second-order valence-corrected chi connectivity index (χ2v) is 4.26. The monoisotopic (exact) mass is 293 g/mol. The maximum atomic E-state index is 11.0. The van der Waals surface area contributed by atoms with E-state index in [4.69, 9.17) is 11.6 Å². The van der Waals surface area contributed by atoms with E-state index in [1.54, 1.807) is 30.3 Å². The molecular weight excluding hydrogens is 286 g/mol. The first-order chi connectivity index (χ1) is 9.49. The van der Waals surface area contributed by atoms with Crippen LogP contribution in [0.1, 0.15) is 0 Å². The summed E-state index contributed by atoms with van der Waals surface area (Å²) in [7, 11) is 0. The minimum absolute atomic E-state index is 0.0676. The lowest BCUT2D eigenvalue weighted by Gasteiger charge is -2.08. The van der Waals surface area contributed by atoms with Crippen LogP contribution in [0.15, 0.2) is 42.5 Å². The van der Waals surface area contributed by atoms with Crippen molar-refractivity contribution in [3.05, 3.63) is 67.7 Å². The van der Waals surface area contributed by atoms with Crippen LogP contribution in [0.3, 0.4) is 0 Å². The molecule has 8 heteroatoms. The van der Waals surface area contributed by atoms with Crippen LogP contribution in [-0.2, 0) is 0 Å². The summed E-state index contributed by atoms with van der Waals surface area (Å²) in [5.41, 5.74) is -0.599. The summed E-state index contributed by atoms with van der Waals surface area (Å²) in [4.78, 5) is 20.6. The summed E-state index contributed by atoms with van der Waals surface area (Å²) in [6.07, 6.45) is 0. The normalized spacial score (nSPS) is 10.1. The number of anilines is 2. The van der Waals surface area contributed by atoms with Gasteiger partial charge in [-0.3, -0.25) is 20.2 Å². The predicted molar refractivity (Wildman–Crippen MR) is 74.5 cm³/mol. The van der Waals surface area contributed by atoms with E-state index in [2.05, 4.69) is 5.32 Å². The van der Waals surface area contributed by atoms with Gasteiger partial charge in [0.1, 0.15) is 0 Å². The van der Waals surface area contributed by atoms with Gasteiger partial charge in [0.15, 0.2) is 5.69 Å². The zero-order chi connectivity index (χ0) is 14.7. The Morgan fingerprint density at radius 1 is 0.950 bits per heavy atom. The molecule has 20 heavy (non-hydrogen) atoms. The van der Waals surface area contributed by atoms with E-state index in [0.29, 0.717) is 5.69 Å². The van der Waals surface area contributed by atoms with Crippen LogP contribution in [-0.4, -0.2) is 9.85 Å². The van der Waals surface area contributed by atoms with Crippen molar-refractivity contribution in [3.8, 4) is 0 Å². The SMILES string of the molecule is O=[N+]([O-])c1cc(Cl)cc([N+](=O)[O-])c1Nc1ccccc1. The maximum absolute atomic E-state index is 11.0. The van der Waals surface area contributed by atoms with Crippen molar-refractivity contribution in [1.29, 1.82) is 0 Å². The van der Waals surface area contributed by atoms with Gasteiger partial charge in [-0.05, 0) is 12.1 Å². The molecule has 0 atom stereocenters. The van der Waals surface area contributed by atoms with Crippen LogP contribution in [0.5, 0.6) is 0 Å². The lowest BCUT2D eigenvalue weighted by molar-refractivity contribution is -0.392. The fraction of sp³-hybridized carbons (Fsp3) is 0. The number of nitro groups is 2. The van der Waals surface area contributed by atoms with E-state index >= 15 is 0 Å². The maximum Gasteiger partial charge on any atom is 0.301 e. The second-order valence-electron chi connectivity index (χ2n) is 3.82. The van der Waals surface area contributed by atoms with E-state index in [1.165, 1.54) is 0 Å². The Bertz CT molecular complexity index is 641. The Kier molecular flexibility index (Phi) is 3.81. The van der Waals surface area contributed by atoms with Crippen LogP contribution in [0.25, 0.3) is 0 Å². The average molecular weight is 294 g/mol. The highest BCUT2D eigenvalue weighted by molar-refractivity contribution is 6.31. The third-order valence-corrected chi connectivity index (χ3v) is 2.72. The van der Waals surface area contributed by atoms with Gasteiger partial charge in [0, 0.05) is 17.8 Å². The molecule has 0 saturated heterocycles. The summed E-state index contributed by atoms with van der Waals surface area (Å²) in [5.74, 6) is 0. The largest absolute Gasteiger partial charge is 0.344 e. The van der Waals surface area contributed by atoms with Crippen molar-refractivity contribution >= 4 is 34.4 Å². The molecule has 2 aromatic carbocycles. The molecule has 0 aliphatic heterocycles. The number of halogens is 1. The molecule has 0 saturated carbocycles. The fourth-order valence-corrected chi connectivity index (χ4v) is 1.87. The number of hydrogen-bond donors (Lipinski definition) is 1. The Labute approximate surface area is 118 Å². The first-order valence-electron chi connectivity index (χ1n) is 5.43. The summed E-state index contributed by atoms with van der Waals surface area (Å²) < 4.78 is 0. The molecule has 0 aromatic heterocycles. The van der Waals surface area contributed by atoms with E-state index in [9.17, 15) is 20.2 Å². The van der Waals surface area contributed by atoms with Gasteiger partial charge in [0.25, 0.3) is 0 Å². The molecule has 0 amide bonds. The summed E-state index contributed by atoms with van der Waals surface area (Å²) in [6.45, 7) is 0. The standard InChI is InChI=1S/C12H8ClN3O4/c13-8-6-10(15(17)18)12(11(7-8)16(19)20)14-9-4-2-1-3-5-9/h1-7,14H. The van der Waals surface area contributed by atoms with E-state index < -0.39 is 21.2 Å². The Balaban J connectivity index is 2.59. The third-order valence-electron chi connectivity index (χ3n) is 2.50. The van der Waals surface area contributed by atoms with Gasteiger partial charge in [-0.25, -0.2) is 0 Å². The smallest absolute Gasteiger partial charge is 0.301 e. The molecule has 7 nitrogen and oxygen atoms in total. The first kappa shape index (κ1) is 13.8. The third kappa shape index (κ3) is 2.83. The number of para-hydroxylation sites is 1. The highest BCUT2D eigenvalue weighted by Gasteiger charge is 2.26. The Morgan fingerprint density at radius 3 is 1.90 bits per heavy atom. The van der Waals surface area contributed by atoms with Crippen molar-refractivity contribution in [3.63, 3.8) is 0 Å². The molecule has 0 spiro atoms. The number of nitro benzene ring substituents is 2. The van der Waals surface area contributed by atoms with E-state index in [-0.39, 0.29) is 10.7 Å². The zero-order valence-electron chi connectivity index (χ0n) is 9.95. The second kappa shape index (κ2) is 5.54. The predicted octanol–water partition coefficient (Wildman–Crippen LogP) is 3.90. The fourth-order valence-electron chi connectivity index (χ4n) is 1.66. The van der Waals surface area contributed by atoms with Crippen LogP contribution >= 0.6 is 11.6 Å². The number of hydrogen-bond acceptors (Lipinski definition) is 5. The summed E-state index contributed by atoms with van der Waals surface area (Å²) in [6, 6.07) is 10.6. The van der Waals surface area contributed by atoms with Gasteiger partial charge in [0.05, 0.1) is 14.9 Å². The lowest BCUT2D eigenvalue weighted by atomic mass is 10.2. The van der Waals surface area contributed by atoms with E-state index in [1.807, 2.05) is 0 Å². The van der Waals surface area contributed by atoms with Gasteiger partial charge in [0.2, 0.25) is 0 Å². The molecule has 0 bridgehead atoms. The highest BCUT2D eigenvalue weighted by atomic mass is 35.5. The van der Waals surface area contributed by atoms with Crippen molar-refractivity contribution in [2.24, 2.45) is 0 Å². The molecule has 0 unspecified atom stereocenters. The molecule has 2 aromatic rings. The van der Waals surface area contributed by atoms with E-state index in [0.717, 1.165) is 12.1 Å². The highest BCUT2D eigenvalue weighted by Crippen LogP contribution is 2.38. The summed E-state index contributed by atoms with van der Waals surface area (Å²) >= 11 is 5.68. The van der Waals surface area contributed by atoms with Crippen LogP contribution in [0.2, 0.25) is 5.02 Å². The zero-order valence-corrected chi connectivity index (χ0v) is 10.7. The molecule has 0 radical (unpaired) electrons. The number of benzene rings is 2. The molecular formula is C12H8ClN3O4. The Morgan fingerprint density at radius 2 is 1.45 bits per heavy atom. The topological polar surface area (TPSA) is 98.3 Å². The van der Waals surface area contributed by atoms with Crippen molar-refractivity contribution < 1.29 is 9.85 Å². The number of rotatable bonds is 4. The summed E-state index contributed by atoms with van der Waals surface area (Å²) in [5, 5.41) is 24.7. The molecule has 0 aliphatic carbocycles. The van der Waals surface area contributed by atoms with Crippen molar-refractivity contribution in [2.75, 3.05) is 5.32 Å². The van der Waals surface area contributed by atoms with Gasteiger partial charge in [-0.15, -0.1) is 0 Å². The minimum Gasteiger partial charge on any atom is -0.344 e. The van der Waals surface area contributed by atoms with Crippen molar-refractivity contribution in [1.82, 2.24) is 0 Å². The van der Waals surface area contributed by atoms with Crippen LogP contribution in [0.4, 0.5) is 22.7 Å². The van der Waals surface area contributed by atoms with Crippen molar-refractivity contribution in [2.45, 2.75) is 0 Å². The quantitative estimate of drug-likeness (QED) is 0.681. The lowest BCUT2D eigenvalue weighted by Crippen LogP contribution is -2.01. The number of nitrogens with one attached hydrogen (secondary N) is 1. The molecule has 102 valence electrons. The molecule has 2 rings (SSSR count). The van der Waals surface area contributed by atoms with Crippen LogP contribution in [0, 0.1) is 20.2 Å². The molecule has 0 heterocycles. The Hall–Kier alpha value is -2.67. The average Bonchev–Trinajstić information content (AvgIpc) is 2.41. The van der Waals surface area contributed by atoms with Gasteiger partial charge >= 0.3 is 11.4 Å².